The van der Waals surface area contributed by atoms with Gasteiger partial charge in [-0.2, -0.15) is 0 Å². The fourth-order valence-corrected chi connectivity index (χ4v) is 3.25. The molecule has 4 aromatic rings. The van der Waals surface area contributed by atoms with E-state index in [0.717, 1.165) is 0 Å². The summed E-state index contributed by atoms with van der Waals surface area (Å²) < 4.78 is 7.27. The van der Waals surface area contributed by atoms with Gasteiger partial charge in [0.15, 0.2) is 5.69 Å². The highest BCUT2D eigenvalue weighted by Crippen LogP contribution is 2.32. The Bertz CT molecular complexity index is 1180. The highest BCUT2D eigenvalue weighted by molar-refractivity contribution is 6.35. The zero-order chi connectivity index (χ0) is 20.4. The molecule has 0 atom stereocenters. The van der Waals surface area contributed by atoms with Gasteiger partial charge in [0, 0.05) is 10.6 Å². The molecule has 144 valence electrons. The lowest BCUT2D eigenvalue weighted by Gasteiger charge is -2.10. The first-order valence-corrected chi connectivity index (χ1v) is 9.26. The smallest absolute Gasteiger partial charge is 0.358 e. The molecule has 0 saturated heterocycles. The number of nitrogens with zero attached hydrogens (tertiary/aromatic N) is 3. The zero-order valence-corrected chi connectivity index (χ0v) is 16.3. The second kappa shape index (κ2) is 7.95. The molecular weight excluding hydrogens is 413 g/mol. The molecule has 0 radical (unpaired) electrons. The summed E-state index contributed by atoms with van der Waals surface area (Å²) in [5.41, 5.74) is 1.61. The normalized spacial score (nSPS) is 10.7. The van der Waals surface area contributed by atoms with Crippen LogP contribution in [0.25, 0.3) is 16.9 Å². The number of rotatable bonds is 5. The average Bonchev–Trinajstić information content (AvgIpc) is 3.17. The third-order valence-corrected chi connectivity index (χ3v) is 4.65. The summed E-state index contributed by atoms with van der Waals surface area (Å²) in [4.78, 5) is 11.6. The number of carboxylic acid groups (broad SMARTS) is 1. The quantitative estimate of drug-likeness (QED) is 0.441. The van der Waals surface area contributed by atoms with Gasteiger partial charge in [-0.15, -0.1) is 5.10 Å². The molecule has 8 heteroatoms. The lowest BCUT2D eigenvalue weighted by molar-refractivity contribution is 0.0691. The van der Waals surface area contributed by atoms with Crippen LogP contribution in [0.3, 0.4) is 0 Å². The first-order valence-electron chi connectivity index (χ1n) is 8.50. The summed E-state index contributed by atoms with van der Waals surface area (Å²) in [5, 5.41) is 18.3. The molecule has 6 nitrogen and oxygen atoms in total. The third kappa shape index (κ3) is 3.94. The van der Waals surface area contributed by atoms with Gasteiger partial charge in [-0.3, -0.25) is 0 Å². The molecule has 1 heterocycles. The van der Waals surface area contributed by atoms with Crippen molar-refractivity contribution >= 4 is 29.2 Å². The van der Waals surface area contributed by atoms with Crippen molar-refractivity contribution in [3.8, 4) is 28.4 Å². The van der Waals surface area contributed by atoms with Gasteiger partial charge in [0.05, 0.1) is 10.7 Å². The van der Waals surface area contributed by atoms with E-state index in [1.165, 1.54) is 4.68 Å². The number of aromatic nitrogens is 3. The maximum Gasteiger partial charge on any atom is 0.358 e. The Labute approximate surface area is 175 Å². The van der Waals surface area contributed by atoms with Crippen LogP contribution in [-0.2, 0) is 0 Å². The lowest BCUT2D eigenvalue weighted by Crippen LogP contribution is -2.03. The number of aromatic carboxylic acids is 1. The maximum atomic E-state index is 11.6. The van der Waals surface area contributed by atoms with E-state index in [-0.39, 0.29) is 5.69 Å². The number of carboxylic acids is 1. The van der Waals surface area contributed by atoms with Crippen molar-refractivity contribution in [2.75, 3.05) is 0 Å². The molecule has 0 aliphatic heterocycles. The van der Waals surface area contributed by atoms with Crippen molar-refractivity contribution in [1.29, 1.82) is 0 Å². The summed E-state index contributed by atoms with van der Waals surface area (Å²) in [5.74, 6) is -0.118. The minimum atomic E-state index is -1.15. The fraction of sp³-hybridized carbons (Fsp3) is 0. The molecule has 0 bridgehead atoms. The fourth-order valence-electron chi connectivity index (χ4n) is 2.80. The molecule has 0 saturated carbocycles. The molecule has 0 aliphatic rings. The van der Waals surface area contributed by atoms with Gasteiger partial charge in [-0.1, -0.05) is 58.7 Å². The molecule has 3 aromatic carbocycles. The van der Waals surface area contributed by atoms with Crippen molar-refractivity contribution in [2.24, 2.45) is 0 Å². The zero-order valence-electron chi connectivity index (χ0n) is 14.8. The summed E-state index contributed by atoms with van der Waals surface area (Å²) >= 11 is 12.0. The summed E-state index contributed by atoms with van der Waals surface area (Å²) in [6.45, 7) is 0. The summed E-state index contributed by atoms with van der Waals surface area (Å²) in [6, 6.07) is 21.1. The monoisotopic (exact) mass is 425 g/mol. The molecule has 0 spiro atoms. The number of benzene rings is 3. The van der Waals surface area contributed by atoms with Crippen molar-refractivity contribution in [2.45, 2.75) is 0 Å². The van der Waals surface area contributed by atoms with Crippen LogP contribution in [0.1, 0.15) is 10.5 Å². The predicted octanol–water partition coefficient (Wildman–Crippen LogP) is 5.73. The van der Waals surface area contributed by atoms with Crippen molar-refractivity contribution in [3.05, 3.63) is 88.5 Å². The molecule has 0 aliphatic carbocycles. The van der Waals surface area contributed by atoms with Gasteiger partial charge in [-0.25, -0.2) is 9.48 Å². The van der Waals surface area contributed by atoms with Gasteiger partial charge in [0.2, 0.25) is 0 Å². The Morgan fingerprint density at radius 3 is 2.34 bits per heavy atom. The van der Waals surface area contributed by atoms with Crippen LogP contribution in [0.2, 0.25) is 10.0 Å². The SMILES string of the molecule is O=C(O)c1nnn(-c2ccc(Oc3ccc(Cl)cc3Cl)cc2)c1-c1ccccc1. The molecule has 1 N–H and O–H groups in total. The molecule has 0 fully saturated rings. The highest BCUT2D eigenvalue weighted by Gasteiger charge is 2.21. The minimum absolute atomic E-state index is 0.121. The van der Waals surface area contributed by atoms with Gasteiger partial charge < -0.3 is 9.84 Å². The second-order valence-electron chi connectivity index (χ2n) is 6.04. The van der Waals surface area contributed by atoms with Crippen LogP contribution < -0.4 is 4.74 Å². The van der Waals surface area contributed by atoms with Gasteiger partial charge in [0.25, 0.3) is 0 Å². The average molecular weight is 426 g/mol. The van der Waals surface area contributed by atoms with E-state index < -0.39 is 5.97 Å². The standard InChI is InChI=1S/C21H13Cl2N3O3/c22-14-6-11-18(17(23)12-14)29-16-9-7-15(8-10-16)26-20(13-4-2-1-3-5-13)19(21(27)28)24-25-26/h1-12H,(H,27,28). The molecule has 1 aromatic heterocycles. The van der Waals surface area contributed by atoms with Crippen LogP contribution in [0.4, 0.5) is 0 Å². The molecule has 0 unspecified atom stereocenters. The second-order valence-corrected chi connectivity index (χ2v) is 6.88. The van der Waals surface area contributed by atoms with Gasteiger partial charge in [-0.05, 0) is 42.5 Å². The molecular formula is C21H13Cl2N3O3. The number of halogens is 2. The first kappa shape index (κ1) is 19.0. The van der Waals surface area contributed by atoms with Crippen LogP contribution >= 0.6 is 23.2 Å². The Morgan fingerprint density at radius 1 is 0.966 bits per heavy atom. The van der Waals surface area contributed by atoms with Crippen molar-refractivity contribution < 1.29 is 14.6 Å². The number of hydrogen-bond acceptors (Lipinski definition) is 4. The summed E-state index contributed by atoms with van der Waals surface area (Å²) in [6.07, 6.45) is 0. The lowest BCUT2D eigenvalue weighted by atomic mass is 10.1. The van der Waals surface area contributed by atoms with E-state index >= 15 is 0 Å². The minimum Gasteiger partial charge on any atom is -0.476 e. The van der Waals surface area contributed by atoms with E-state index in [4.69, 9.17) is 27.9 Å². The molecule has 29 heavy (non-hydrogen) atoms. The maximum absolute atomic E-state index is 11.6. The Hall–Kier alpha value is -3.35. The van der Waals surface area contributed by atoms with Crippen LogP contribution in [0.5, 0.6) is 11.5 Å². The van der Waals surface area contributed by atoms with Crippen LogP contribution in [0.15, 0.2) is 72.8 Å². The van der Waals surface area contributed by atoms with Crippen LogP contribution in [0, 0.1) is 0 Å². The van der Waals surface area contributed by atoms with E-state index in [9.17, 15) is 9.90 Å². The number of carbonyl (C=O) groups is 1. The third-order valence-electron chi connectivity index (χ3n) is 4.12. The molecule has 4 rings (SSSR count). The van der Waals surface area contributed by atoms with E-state index in [0.29, 0.717) is 38.5 Å². The van der Waals surface area contributed by atoms with Crippen molar-refractivity contribution in [1.82, 2.24) is 15.0 Å². The van der Waals surface area contributed by atoms with Gasteiger partial charge in [0.1, 0.15) is 17.2 Å². The molecule has 0 amide bonds. The van der Waals surface area contributed by atoms with Crippen LogP contribution in [-0.4, -0.2) is 26.1 Å². The first-order chi connectivity index (χ1) is 14.0. The topological polar surface area (TPSA) is 77.2 Å². The Morgan fingerprint density at radius 2 is 1.69 bits per heavy atom. The van der Waals surface area contributed by atoms with Crippen molar-refractivity contribution in [3.63, 3.8) is 0 Å². The van der Waals surface area contributed by atoms with E-state index in [2.05, 4.69) is 10.3 Å². The highest BCUT2D eigenvalue weighted by atomic mass is 35.5. The largest absolute Gasteiger partial charge is 0.476 e. The summed E-state index contributed by atoms with van der Waals surface area (Å²) in [7, 11) is 0. The Balaban J connectivity index is 1.69. The van der Waals surface area contributed by atoms with E-state index in [1.54, 1.807) is 42.5 Å². The van der Waals surface area contributed by atoms with E-state index in [1.807, 2.05) is 30.3 Å². The Kier molecular flexibility index (Phi) is 5.20. The number of hydrogen-bond donors (Lipinski definition) is 1. The predicted molar refractivity (Wildman–Crippen MR) is 110 cm³/mol. The van der Waals surface area contributed by atoms with Gasteiger partial charge >= 0.3 is 5.97 Å². The number of ether oxygens (including phenoxy) is 1.